The summed E-state index contributed by atoms with van der Waals surface area (Å²) in [7, 11) is 0. The minimum absolute atomic E-state index is 0.00282. The summed E-state index contributed by atoms with van der Waals surface area (Å²) in [5.74, 6) is -0.908. The van der Waals surface area contributed by atoms with Crippen LogP contribution in [0.2, 0.25) is 0 Å². The molecule has 0 radical (unpaired) electrons. The summed E-state index contributed by atoms with van der Waals surface area (Å²) < 4.78 is 36.0. The molecule has 8 nitrogen and oxygen atoms in total. The fraction of sp³-hybridized carbons (Fsp3) is 0.375. The van der Waals surface area contributed by atoms with Gasteiger partial charge >= 0.3 is 0 Å². The van der Waals surface area contributed by atoms with Crippen molar-refractivity contribution in [3.05, 3.63) is 65.0 Å². The number of benzene rings is 1. The monoisotopic (exact) mass is 466 g/mol. The highest BCUT2D eigenvalue weighted by molar-refractivity contribution is 5.87. The van der Waals surface area contributed by atoms with E-state index in [0.29, 0.717) is 54.4 Å². The summed E-state index contributed by atoms with van der Waals surface area (Å²) in [5.41, 5.74) is 3.54. The maximum Gasteiger partial charge on any atom is 0.182 e. The summed E-state index contributed by atoms with van der Waals surface area (Å²) in [6.45, 7) is 4.58. The van der Waals surface area contributed by atoms with E-state index in [9.17, 15) is 8.78 Å². The highest BCUT2D eigenvalue weighted by Gasteiger charge is 2.29. The Morgan fingerprint density at radius 1 is 1.12 bits per heavy atom. The third-order valence-electron chi connectivity index (χ3n) is 6.15. The molecule has 2 atom stereocenters. The molecule has 0 bridgehead atoms. The lowest BCUT2D eigenvalue weighted by molar-refractivity contribution is 0.00395. The van der Waals surface area contributed by atoms with Crippen molar-refractivity contribution in [1.82, 2.24) is 29.7 Å². The molecule has 3 aromatic heterocycles. The summed E-state index contributed by atoms with van der Waals surface area (Å²) in [6.07, 6.45) is 4.70. The van der Waals surface area contributed by atoms with E-state index in [2.05, 4.69) is 15.1 Å². The molecular weight excluding hydrogens is 442 g/mol. The molecule has 34 heavy (non-hydrogen) atoms. The van der Waals surface area contributed by atoms with Crippen molar-refractivity contribution in [1.29, 1.82) is 0 Å². The van der Waals surface area contributed by atoms with Gasteiger partial charge in [0.2, 0.25) is 0 Å². The molecule has 4 heterocycles. The highest BCUT2D eigenvalue weighted by Crippen LogP contribution is 2.38. The molecule has 4 aromatic rings. The summed E-state index contributed by atoms with van der Waals surface area (Å²) in [5, 5.41) is 13.4. The predicted molar refractivity (Wildman–Crippen MR) is 120 cm³/mol. The van der Waals surface area contributed by atoms with Crippen molar-refractivity contribution >= 4 is 11.2 Å². The zero-order valence-corrected chi connectivity index (χ0v) is 18.9. The summed E-state index contributed by atoms with van der Waals surface area (Å²) in [4.78, 5) is 18.6. The molecule has 1 aromatic carbocycles. The van der Waals surface area contributed by atoms with Gasteiger partial charge in [0.1, 0.15) is 28.7 Å². The fourth-order valence-electron chi connectivity index (χ4n) is 4.22. The number of aliphatic hydroxyl groups excluding tert-OH is 1. The molecule has 0 aliphatic carbocycles. The van der Waals surface area contributed by atoms with Crippen LogP contribution in [0.3, 0.4) is 0 Å². The second-order valence-corrected chi connectivity index (χ2v) is 8.46. The maximum absolute atomic E-state index is 14.8. The van der Waals surface area contributed by atoms with Crippen molar-refractivity contribution in [2.75, 3.05) is 13.2 Å². The molecular formula is C24H24F2N6O2. The molecule has 0 spiro atoms. The van der Waals surface area contributed by atoms with Gasteiger partial charge in [0, 0.05) is 35.9 Å². The average Bonchev–Trinajstić information content (AvgIpc) is 3.29. The van der Waals surface area contributed by atoms with Crippen LogP contribution in [-0.2, 0) is 11.3 Å². The first kappa shape index (κ1) is 22.4. The third-order valence-corrected chi connectivity index (χ3v) is 6.15. The highest BCUT2D eigenvalue weighted by atomic mass is 19.1. The largest absolute Gasteiger partial charge is 0.394 e. The number of nitrogens with zero attached hydrogens (tertiary/aromatic N) is 6. The van der Waals surface area contributed by atoms with Crippen LogP contribution in [0.15, 0.2) is 30.6 Å². The SMILES string of the molecule is Cc1nc2nc([C@H]3CCO[C@@H](c4cnn(CCO)c4)C3)nc(-c3ccc(F)cc3F)c2nc1C. The van der Waals surface area contributed by atoms with Crippen LogP contribution in [0, 0.1) is 25.5 Å². The van der Waals surface area contributed by atoms with Gasteiger partial charge in [-0.25, -0.2) is 28.7 Å². The Morgan fingerprint density at radius 3 is 2.74 bits per heavy atom. The van der Waals surface area contributed by atoms with Gasteiger partial charge in [-0.1, -0.05) is 0 Å². The number of hydrogen-bond donors (Lipinski definition) is 1. The molecule has 10 heteroatoms. The number of rotatable bonds is 5. The van der Waals surface area contributed by atoms with E-state index < -0.39 is 11.6 Å². The first-order valence-electron chi connectivity index (χ1n) is 11.2. The molecule has 1 N–H and O–H groups in total. The molecule has 1 aliphatic rings. The van der Waals surface area contributed by atoms with Gasteiger partial charge in [0.15, 0.2) is 5.65 Å². The zero-order chi connectivity index (χ0) is 23.8. The van der Waals surface area contributed by atoms with Gasteiger partial charge in [0.25, 0.3) is 0 Å². The zero-order valence-electron chi connectivity index (χ0n) is 18.9. The van der Waals surface area contributed by atoms with Gasteiger partial charge in [-0.3, -0.25) is 4.68 Å². The Kier molecular flexibility index (Phi) is 6.01. The minimum atomic E-state index is -0.716. The predicted octanol–water partition coefficient (Wildman–Crippen LogP) is 3.81. The van der Waals surface area contributed by atoms with Crippen LogP contribution < -0.4 is 0 Å². The normalized spacial score (nSPS) is 18.5. The second-order valence-electron chi connectivity index (χ2n) is 8.46. The number of halogens is 2. The number of aromatic nitrogens is 6. The number of hydrogen-bond acceptors (Lipinski definition) is 7. The van der Waals surface area contributed by atoms with Crippen LogP contribution in [0.5, 0.6) is 0 Å². The first-order chi connectivity index (χ1) is 16.4. The molecule has 0 saturated carbocycles. The lowest BCUT2D eigenvalue weighted by Crippen LogP contribution is -2.20. The van der Waals surface area contributed by atoms with Gasteiger partial charge in [-0.2, -0.15) is 5.10 Å². The van der Waals surface area contributed by atoms with Crippen molar-refractivity contribution < 1.29 is 18.6 Å². The van der Waals surface area contributed by atoms with E-state index in [0.717, 1.165) is 17.3 Å². The van der Waals surface area contributed by atoms with E-state index >= 15 is 0 Å². The number of ether oxygens (including phenoxy) is 1. The third kappa shape index (κ3) is 4.26. The topological polar surface area (TPSA) is 98.8 Å². The Labute approximate surface area is 194 Å². The second kappa shape index (κ2) is 9.11. The van der Waals surface area contributed by atoms with Crippen molar-refractivity contribution in [3.63, 3.8) is 0 Å². The first-order valence-corrected chi connectivity index (χ1v) is 11.2. The molecule has 176 valence electrons. The van der Waals surface area contributed by atoms with E-state index in [1.807, 2.05) is 20.0 Å². The number of fused-ring (bicyclic) bond motifs is 1. The Balaban J connectivity index is 1.57. The van der Waals surface area contributed by atoms with Gasteiger partial charge in [-0.05, 0) is 38.8 Å². The van der Waals surface area contributed by atoms with Gasteiger partial charge in [-0.15, -0.1) is 0 Å². The summed E-state index contributed by atoms with van der Waals surface area (Å²) >= 11 is 0. The molecule has 1 saturated heterocycles. The Bertz CT molecular complexity index is 1360. The van der Waals surface area contributed by atoms with Crippen LogP contribution >= 0.6 is 0 Å². The van der Waals surface area contributed by atoms with Crippen LogP contribution in [0.4, 0.5) is 8.78 Å². The van der Waals surface area contributed by atoms with E-state index in [1.165, 1.54) is 12.1 Å². The standard InChI is InChI=1S/C24H24F2N6O2/c1-13-14(2)29-24-22(28-13)21(18-4-3-17(25)10-19(18)26)30-23(31-24)15-5-8-34-20(9-15)16-11-27-32(12-16)6-7-33/h3-4,10-12,15,20,33H,5-9H2,1-2H3/t15-,20+/m0/s1. The Hall–Kier alpha value is -3.37. The van der Waals surface area contributed by atoms with Crippen LogP contribution in [0.25, 0.3) is 22.4 Å². The molecule has 0 unspecified atom stereocenters. The minimum Gasteiger partial charge on any atom is -0.394 e. The lowest BCUT2D eigenvalue weighted by Gasteiger charge is -2.28. The fourth-order valence-corrected chi connectivity index (χ4v) is 4.22. The van der Waals surface area contributed by atoms with Crippen molar-refractivity contribution in [2.45, 2.75) is 45.3 Å². The smallest absolute Gasteiger partial charge is 0.182 e. The van der Waals surface area contributed by atoms with Crippen LogP contribution in [0.1, 0.15) is 47.6 Å². The number of aryl methyl sites for hydroxylation is 2. The molecule has 1 aliphatic heterocycles. The summed E-state index contributed by atoms with van der Waals surface area (Å²) in [6, 6.07) is 3.41. The quantitative estimate of drug-likeness (QED) is 0.478. The van der Waals surface area contributed by atoms with Crippen molar-refractivity contribution in [2.24, 2.45) is 0 Å². The molecule has 0 amide bonds. The average molecular weight is 466 g/mol. The Morgan fingerprint density at radius 2 is 1.94 bits per heavy atom. The van der Waals surface area contributed by atoms with Gasteiger partial charge < -0.3 is 9.84 Å². The lowest BCUT2D eigenvalue weighted by atomic mass is 9.92. The number of aliphatic hydroxyl groups is 1. The molecule has 5 rings (SSSR count). The molecule has 1 fully saturated rings. The van der Waals surface area contributed by atoms with E-state index in [4.69, 9.17) is 19.8 Å². The van der Waals surface area contributed by atoms with Crippen LogP contribution in [-0.4, -0.2) is 48.0 Å². The maximum atomic E-state index is 14.8. The van der Waals surface area contributed by atoms with E-state index in [1.54, 1.807) is 10.9 Å². The van der Waals surface area contributed by atoms with Gasteiger partial charge in [0.05, 0.1) is 36.8 Å². The van der Waals surface area contributed by atoms with Crippen molar-refractivity contribution in [3.8, 4) is 11.3 Å². The van der Waals surface area contributed by atoms with E-state index in [-0.39, 0.29) is 24.2 Å².